The molecule has 0 aromatic heterocycles. The molecule has 2 heteroatoms. The highest BCUT2D eigenvalue weighted by Crippen LogP contribution is 2.02. The van der Waals surface area contributed by atoms with Gasteiger partial charge in [-0.15, -0.1) is 0 Å². The van der Waals surface area contributed by atoms with Crippen molar-refractivity contribution in [1.29, 1.82) is 0 Å². The van der Waals surface area contributed by atoms with Crippen molar-refractivity contribution in [3.05, 3.63) is 35.9 Å². The molecule has 0 atom stereocenters. The zero-order chi connectivity index (χ0) is 9.52. The minimum atomic E-state index is 0.977. The summed E-state index contributed by atoms with van der Waals surface area (Å²) in [4.78, 5) is 0. The lowest BCUT2D eigenvalue weighted by atomic mass is 10.2. The smallest absolute Gasteiger partial charge is 0.0381 e. The van der Waals surface area contributed by atoms with Gasteiger partial charge in [0.25, 0.3) is 0 Å². The van der Waals surface area contributed by atoms with Crippen LogP contribution in [0, 0.1) is 0 Å². The molecular formula is C11H18N2. The Morgan fingerprint density at radius 1 is 1.23 bits per heavy atom. The van der Waals surface area contributed by atoms with E-state index in [4.69, 9.17) is 0 Å². The fraction of sp³-hybridized carbons (Fsp3) is 0.455. The molecule has 0 heterocycles. The second-order valence-electron chi connectivity index (χ2n) is 3.13. The summed E-state index contributed by atoms with van der Waals surface area (Å²) in [6.45, 7) is 4.26. The Labute approximate surface area is 80.5 Å². The number of benzene rings is 1. The number of nitrogens with zero attached hydrogens (tertiary/aromatic N) is 1. The number of hydrogen-bond donors (Lipinski definition) is 1. The molecular weight excluding hydrogens is 160 g/mol. The van der Waals surface area contributed by atoms with E-state index in [0.29, 0.717) is 0 Å². The molecule has 0 radical (unpaired) electrons. The van der Waals surface area contributed by atoms with Gasteiger partial charge in [0.05, 0.1) is 0 Å². The van der Waals surface area contributed by atoms with Crippen LogP contribution in [-0.2, 0) is 6.54 Å². The normalized spacial score (nSPS) is 10.7. The van der Waals surface area contributed by atoms with Gasteiger partial charge in [-0.2, -0.15) is 0 Å². The van der Waals surface area contributed by atoms with E-state index in [2.05, 4.69) is 41.6 Å². The van der Waals surface area contributed by atoms with Gasteiger partial charge in [-0.3, -0.25) is 5.43 Å². The highest BCUT2D eigenvalue weighted by atomic mass is 15.5. The average molecular weight is 178 g/mol. The molecule has 0 amide bonds. The zero-order valence-corrected chi connectivity index (χ0v) is 8.46. The van der Waals surface area contributed by atoms with E-state index in [-0.39, 0.29) is 0 Å². The molecule has 1 aromatic rings. The molecule has 0 spiro atoms. The maximum absolute atomic E-state index is 3.18. The molecule has 2 nitrogen and oxygen atoms in total. The lowest BCUT2D eigenvalue weighted by Gasteiger charge is -2.20. The minimum Gasteiger partial charge on any atom is -0.258 e. The van der Waals surface area contributed by atoms with Crippen molar-refractivity contribution in [3.8, 4) is 0 Å². The predicted molar refractivity (Wildman–Crippen MR) is 56.2 cm³/mol. The van der Waals surface area contributed by atoms with E-state index < -0.39 is 0 Å². The highest BCUT2D eigenvalue weighted by molar-refractivity contribution is 5.14. The van der Waals surface area contributed by atoms with Crippen molar-refractivity contribution in [3.63, 3.8) is 0 Å². The Balaban J connectivity index is 2.46. The van der Waals surface area contributed by atoms with Crippen LogP contribution in [0.1, 0.15) is 18.9 Å². The van der Waals surface area contributed by atoms with Gasteiger partial charge in [-0.25, -0.2) is 5.01 Å². The Hall–Kier alpha value is -0.860. The van der Waals surface area contributed by atoms with E-state index in [9.17, 15) is 0 Å². The Kier molecular flexibility index (Phi) is 4.50. The summed E-state index contributed by atoms with van der Waals surface area (Å²) in [5.41, 5.74) is 4.54. The first-order valence-electron chi connectivity index (χ1n) is 4.83. The Morgan fingerprint density at radius 3 is 2.46 bits per heavy atom. The van der Waals surface area contributed by atoms with Crippen LogP contribution in [0.25, 0.3) is 0 Å². The van der Waals surface area contributed by atoms with E-state index in [1.165, 1.54) is 12.0 Å². The summed E-state index contributed by atoms with van der Waals surface area (Å²) < 4.78 is 0. The van der Waals surface area contributed by atoms with Crippen LogP contribution in [0.2, 0.25) is 0 Å². The molecule has 0 saturated heterocycles. The van der Waals surface area contributed by atoms with Crippen molar-refractivity contribution < 1.29 is 0 Å². The summed E-state index contributed by atoms with van der Waals surface area (Å²) >= 11 is 0. The lowest BCUT2D eigenvalue weighted by molar-refractivity contribution is 0.199. The van der Waals surface area contributed by atoms with Crippen LogP contribution in [-0.4, -0.2) is 18.6 Å². The van der Waals surface area contributed by atoms with E-state index in [1.807, 2.05) is 13.1 Å². The Bertz CT molecular complexity index is 221. The third-order valence-corrected chi connectivity index (χ3v) is 2.03. The number of hydrazine groups is 1. The third-order valence-electron chi connectivity index (χ3n) is 2.03. The van der Waals surface area contributed by atoms with Crippen molar-refractivity contribution >= 4 is 0 Å². The molecule has 1 rings (SSSR count). The monoisotopic (exact) mass is 178 g/mol. The maximum atomic E-state index is 3.18. The first kappa shape index (κ1) is 10.2. The van der Waals surface area contributed by atoms with Gasteiger partial charge in [0, 0.05) is 13.1 Å². The van der Waals surface area contributed by atoms with Crippen LogP contribution >= 0.6 is 0 Å². The van der Waals surface area contributed by atoms with Gasteiger partial charge >= 0.3 is 0 Å². The van der Waals surface area contributed by atoms with Gasteiger partial charge in [0.1, 0.15) is 0 Å². The lowest BCUT2D eigenvalue weighted by Crippen LogP contribution is -2.34. The van der Waals surface area contributed by atoms with Gasteiger partial charge in [-0.1, -0.05) is 37.3 Å². The fourth-order valence-electron chi connectivity index (χ4n) is 1.34. The zero-order valence-electron chi connectivity index (χ0n) is 8.46. The molecule has 0 fully saturated rings. The van der Waals surface area contributed by atoms with Crippen molar-refractivity contribution in [2.24, 2.45) is 0 Å². The number of hydrogen-bond acceptors (Lipinski definition) is 2. The largest absolute Gasteiger partial charge is 0.258 e. The maximum Gasteiger partial charge on any atom is 0.0381 e. The second kappa shape index (κ2) is 5.73. The molecule has 0 aliphatic carbocycles. The van der Waals surface area contributed by atoms with Gasteiger partial charge in [0.2, 0.25) is 0 Å². The molecule has 0 aliphatic rings. The van der Waals surface area contributed by atoms with E-state index in [1.54, 1.807) is 0 Å². The molecule has 1 N–H and O–H groups in total. The number of nitrogens with one attached hydrogen (secondary N) is 1. The standard InChI is InChI=1S/C11H18N2/c1-3-9-13(12-2)10-11-7-5-4-6-8-11/h4-8,12H,3,9-10H2,1-2H3. The Morgan fingerprint density at radius 2 is 1.92 bits per heavy atom. The molecule has 13 heavy (non-hydrogen) atoms. The van der Waals surface area contributed by atoms with E-state index >= 15 is 0 Å². The van der Waals surface area contributed by atoms with Crippen molar-refractivity contribution in [2.75, 3.05) is 13.6 Å². The predicted octanol–water partition coefficient (Wildman–Crippen LogP) is 2.03. The third kappa shape index (κ3) is 3.57. The van der Waals surface area contributed by atoms with Crippen molar-refractivity contribution in [1.82, 2.24) is 10.4 Å². The number of rotatable bonds is 5. The van der Waals surface area contributed by atoms with Crippen LogP contribution in [0.4, 0.5) is 0 Å². The molecule has 1 aromatic carbocycles. The first-order chi connectivity index (χ1) is 6.36. The minimum absolute atomic E-state index is 0.977. The molecule has 0 aliphatic heterocycles. The van der Waals surface area contributed by atoms with Crippen LogP contribution < -0.4 is 5.43 Å². The van der Waals surface area contributed by atoms with Crippen LogP contribution in [0.3, 0.4) is 0 Å². The first-order valence-corrected chi connectivity index (χ1v) is 4.83. The van der Waals surface area contributed by atoms with E-state index in [0.717, 1.165) is 13.1 Å². The average Bonchev–Trinajstić information content (AvgIpc) is 2.19. The summed E-state index contributed by atoms with van der Waals surface area (Å²) in [6.07, 6.45) is 1.17. The fourth-order valence-corrected chi connectivity index (χ4v) is 1.34. The van der Waals surface area contributed by atoms with Crippen LogP contribution in [0.5, 0.6) is 0 Å². The summed E-state index contributed by atoms with van der Waals surface area (Å²) in [5, 5.41) is 2.22. The SMILES string of the molecule is CCCN(Cc1ccccc1)NC. The highest BCUT2D eigenvalue weighted by Gasteiger charge is 2.00. The second-order valence-corrected chi connectivity index (χ2v) is 3.13. The van der Waals surface area contributed by atoms with Gasteiger partial charge in [-0.05, 0) is 19.0 Å². The summed E-state index contributed by atoms with van der Waals surface area (Å²) in [5.74, 6) is 0. The summed E-state index contributed by atoms with van der Waals surface area (Å²) in [7, 11) is 1.97. The summed E-state index contributed by atoms with van der Waals surface area (Å²) in [6, 6.07) is 10.5. The molecule has 0 bridgehead atoms. The molecule has 72 valence electrons. The van der Waals surface area contributed by atoms with Gasteiger partial charge < -0.3 is 0 Å². The topological polar surface area (TPSA) is 15.3 Å². The van der Waals surface area contributed by atoms with Crippen molar-refractivity contribution in [2.45, 2.75) is 19.9 Å². The van der Waals surface area contributed by atoms with Gasteiger partial charge in [0.15, 0.2) is 0 Å². The molecule has 0 saturated carbocycles. The molecule has 0 unspecified atom stereocenters. The van der Waals surface area contributed by atoms with Crippen LogP contribution in [0.15, 0.2) is 30.3 Å². The quantitative estimate of drug-likeness (QED) is 0.694.